The van der Waals surface area contributed by atoms with Crippen molar-refractivity contribution in [1.82, 2.24) is 0 Å². The smallest absolute Gasteiger partial charge is 0.293 e. The first-order valence-electron chi connectivity index (χ1n) is 4.44. The summed E-state index contributed by atoms with van der Waals surface area (Å²) in [4.78, 5) is 0. The molecule has 0 amide bonds. The SMILES string of the molecule is CCOB1CCC(C)CC1. The Morgan fingerprint density at radius 2 is 2.00 bits per heavy atom. The third kappa shape index (κ3) is 2.33. The molecular formula is C8H17BO. The lowest BCUT2D eigenvalue weighted by Gasteiger charge is -2.22. The topological polar surface area (TPSA) is 9.23 Å². The standard InChI is InChI=1S/C8H17BO/c1-3-10-9-6-4-8(2)5-7-9/h8H,3-7H2,1-2H3. The average molecular weight is 140 g/mol. The van der Waals surface area contributed by atoms with Gasteiger partial charge in [-0.1, -0.05) is 19.8 Å². The minimum absolute atomic E-state index is 0.584. The van der Waals surface area contributed by atoms with Gasteiger partial charge in [-0.15, -0.1) is 0 Å². The molecule has 1 rings (SSSR count). The highest BCUT2D eigenvalue weighted by Crippen LogP contribution is 2.24. The summed E-state index contributed by atoms with van der Waals surface area (Å²) in [6.07, 6.45) is 5.30. The Morgan fingerprint density at radius 1 is 1.40 bits per heavy atom. The van der Waals surface area contributed by atoms with Crippen LogP contribution in [-0.4, -0.2) is 13.5 Å². The maximum atomic E-state index is 5.53. The molecule has 1 saturated heterocycles. The number of rotatable bonds is 2. The van der Waals surface area contributed by atoms with Crippen LogP contribution in [0.1, 0.15) is 26.7 Å². The zero-order valence-electron chi connectivity index (χ0n) is 7.10. The van der Waals surface area contributed by atoms with Gasteiger partial charge in [-0.05, 0) is 25.5 Å². The second-order valence-electron chi connectivity index (χ2n) is 3.34. The molecule has 0 radical (unpaired) electrons. The molecule has 0 aromatic carbocycles. The van der Waals surface area contributed by atoms with Crippen molar-refractivity contribution in [2.24, 2.45) is 5.92 Å². The van der Waals surface area contributed by atoms with E-state index >= 15 is 0 Å². The minimum atomic E-state index is 0.584. The predicted molar refractivity (Wildman–Crippen MR) is 45.4 cm³/mol. The molecule has 0 spiro atoms. The largest absolute Gasteiger partial charge is 0.436 e. The van der Waals surface area contributed by atoms with Gasteiger partial charge in [0.1, 0.15) is 0 Å². The second kappa shape index (κ2) is 4.02. The van der Waals surface area contributed by atoms with Crippen molar-refractivity contribution >= 4 is 6.92 Å². The monoisotopic (exact) mass is 140 g/mol. The zero-order chi connectivity index (χ0) is 7.40. The van der Waals surface area contributed by atoms with Crippen LogP contribution in [0.3, 0.4) is 0 Å². The van der Waals surface area contributed by atoms with Gasteiger partial charge >= 0.3 is 0 Å². The maximum Gasteiger partial charge on any atom is 0.293 e. The van der Waals surface area contributed by atoms with E-state index in [0.717, 1.165) is 12.5 Å². The number of hydrogen-bond donors (Lipinski definition) is 0. The summed E-state index contributed by atoms with van der Waals surface area (Å²) >= 11 is 0. The van der Waals surface area contributed by atoms with Crippen LogP contribution in [0.15, 0.2) is 0 Å². The fourth-order valence-electron chi connectivity index (χ4n) is 1.63. The molecule has 0 atom stereocenters. The second-order valence-corrected chi connectivity index (χ2v) is 3.34. The first-order valence-corrected chi connectivity index (χ1v) is 4.44. The minimum Gasteiger partial charge on any atom is -0.436 e. The predicted octanol–water partition coefficient (Wildman–Crippen LogP) is 2.44. The Bertz CT molecular complexity index is 87.3. The maximum absolute atomic E-state index is 5.53. The third-order valence-electron chi connectivity index (χ3n) is 2.37. The molecule has 0 bridgehead atoms. The van der Waals surface area contributed by atoms with Crippen LogP contribution >= 0.6 is 0 Å². The van der Waals surface area contributed by atoms with E-state index in [4.69, 9.17) is 4.65 Å². The van der Waals surface area contributed by atoms with E-state index < -0.39 is 0 Å². The van der Waals surface area contributed by atoms with Gasteiger partial charge in [0, 0.05) is 6.61 Å². The fourth-order valence-corrected chi connectivity index (χ4v) is 1.63. The summed E-state index contributed by atoms with van der Waals surface area (Å²) < 4.78 is 5.53. The lowest BCUT2D eigenvalue weighted by molar-refractivity contribution is 0.324. The van der Waals surface area contributed by atoms with Crippen LogP contribution in [0, 0.1) is 5.92 Å². The van der Waals surface area contributed by atoms with Crippen molar-refractivity contribution < 1.29 is 4.65 Å². The average Bonchev–Trinajstić information content (AvgIpc) is 1.95. The van der Waals surface area contributed by atoms with E-state index in [1.807, 2.05) is 0 Å². The van der Waals surface area contributed by atoms with Crippen molar-refractivity contribution in [2.75, 3.05) is 6.61 Å². The first-order chi connectivity index (χ1) is 4.83. The van der Waals surface area contributed by atoms with E-state index in [1.165, 1.54) is 25.5 Å². The van der Waals surface area contributed by atoms with Crippen LogP contribution in [0.5, 0.6) is 0 Å². The molecule has 1 heterocycles. The molecule has 1 aliphatic rings. The molecule has 0 aliphatic carbocycles. The lowest BCUT2D eigenvalue weighted by atomic mass is 9.54. The van der Waals surface area contributed by atoms with Crippen LogP contribution in [-0.2, 0) is 4.65 Å². The molecule has 0 aromatic heterocycles. The third-order valence-corrected chi connectivity index (χ3v) is 2.37. The van der Waals surface area contributed by atoms with Gasteiger partial charge in [-0.3, -0.25) is 0 Å². The van der Waals surface area contributed by atoms with Crippen molar-refractivity contribution in [2.45, 2.75) is 39.3 Å². The summed E-state index contributed by atoms with van der Waals surface area (Å²) in [6.45, 7) is 5.89. The van der Waals surface area contributed by atoms with Gasteiger partial charge < -0.3 is 4.65 Å². The Labute approximate surface area is 64.3 Å². The molecule has 1 aliphatic heterocycles. The molecule has 2 heteroatoms. The Morgan fingerprint density at radius 3 is 2.50 bits per heavy atom. The van der Waals surface area contributed by atoms with E-state index in [-0.39, 0.29) is 0 Å². The summed E-state index contributed by atoms with van der Waals surface area (Å²) in [5.41, 5.74) is 0. The highest BCUT2D eigenvalue weighted by molar-refractivity contribution is 6.52. The molecule has 1 nitrogen and oxygen atoms in total. The fraction of sp³-hybridized carbons (Fsp3) is 1.00. The van der Waals surface area contributed by atoms with Crippen molar-refractivity contribution in [1.29, 1.82) is 0 Å². The molecule has 0 unspecified atom stereocenters. The van der Waals surface area contributed by atoms with Gasteiger partial charge in [0.05, 0.1) is 0 Å². The first kappa shape index (κ1) is 8.12. The van der Waals surface area contributed by atoms with Gasteiger partial charge in [-0.25, -0.2) is 0 Å². The van der Waals surface area contributed by atoms with Crippen LogP contribution in [0.2, 0.25) is 12.6 Å². The van der Waals surface area contributed by atoms with Gasteiger partial charge in [0.15, 0.2) is 0 Å². The molecule has 0 N–H and O–H groups in total. The van der Waals surface area contributed by atoms with E-state index in [2.05, 4.69) is 13.8 Å². The van der Waals surface area contributed by atoms with Crippen molar-refractivity contribution in [3.63, 3.8) is 0 Å². The summed E-state index contributed by atoms with van der Waals surface area (Å²) in [7, 11) is 0. The van der Waals surface area contributed by atoms with Crippen LogP contribution in [0.25, 0.3) is 0 Å². The molecule has 58 valence electrons. The Hall–Kier alpha value is 0.0249. The molecule has 10 heavy (non-hydrogen) atoms. The highest BCUT2D eigenvalue weighted by Gasteiger charge is 2.21. The highest BCUT2D eigenvalue weighted by atomic mass is 16.4. The zero-order valence-corrected chi connectivity index (χ0v) is 7.10. The van der Waals surface area contributed by atoms with E-state index in [9.17, 15) is 0 Å². The summed E-state index contributed by atoms with van der Waals surface area (Å²) in [6, 6.07) is 0. The lowest BCUT2D eigenvalue weighted by Crippen LogP contribution is -2.23. The Kier molecular flexibility index (Phi) is 3.27. The van der Waals surface area contributed by atoms with E-state index in [0.29, 0.717) is 6.92 Å². The van der Waals surface area contributed by atoms with E-state index in [1.54, 1.807) is 0 Å². The normalized spacial score (nSPS) is 21.6. The van der Waals surface area contributed by atoms with Gasteiger partial charge in [0.2, 0.25) is 0 Å². The van der Waals surface area contributed by atoms with Crippen LogP contribution in [0.4, 0.5) is 0 Å². The summed E-state index contributed by atoms with van der Waals surface area (Å²) in [5.74, 6) is 0.941. The Balaban J connectivity index is 2.13. The molecule has 0 aromatic rings. The van der Waals surface area contributed by atoms with Crippen LogP contribution < -0.4 is 0 Å². The molecular weight excluding hydrogens is 123 g/mol. The van der Waals surface area contributed by atoms with Gasteiger partial charge in [-0.2, -0.15) is 0 Å². The number of hydrogen-bond acceptors (Lipinski definition) is 1. The molecule has 0 saturated carbocycles. The van der Waals surface area contributed by atoms with Gasteiger partial charge in [0.25, 0.3) is 6.92 Å². The van der Waals surface area contributed by atoms with Crippen molar-refractivity contribution in [3.8, 4) is 0 Å². The quantitative estimate of drug-likeness (QED) is 0.535. The molecule has 1 fully saturated rings. The van der Waals surface area contributed by atoms with Crippen molar-refractivity contribution in [3.05, 3.63) is 0 Å². The summed E-state index contributed by atoms with van der Waals surface area (Å²) in [5, 5.41) is 0.